The van der Waals surface area contributed by atoms with Gasteiger partial charge >= 0.3 is 6.03 Å². The van der Waals surface area contributed by atoms with Crippen molar-refractivity contribution in [1.29, 1.82) is 0 Å². The van der Waals surface area contributed by atoms with Gasteiger partial charge in [-0.15, -0.1) is 0 Å². The number of thioether (sulfide) groups is 1. The molecule has 1 saturated carbocycles. The van der Waals surface area contributed by atoms with Crippen LogP contribution in [0.25, 0.3) is 0 Å². The molecule has 2 aliphatic rings. The van der Waals surface area contributed by atoms with E-state index < -0.39 is 22.5 Å². The standard InChI is InChI=1S/C25H28F2N4O3S/c1-30(33-2)24(32)31-25(18-9-5-3-6-10-18,15-16-34-29-20-11-7-4-8-12-20)35-23(28-31)21-17-19(26)13-14-22(21)27/h3,5-6,9-10,13-14,17H,4,7-8,11-12,15-16H2,1-2H3. The summed E-state index contributed by atoms with van der Waals surface area (Å²) in [6, 6.07) is 11.9. The monoisotopic (exact) mass is 502 g/mol. The van der Waals surface area contributed by atoms with E-state index in [1.807, 2.05) is 30.3 Å². The molecule has 1 unspecified atom stereocenters. The molecule has 1 heterocycles. The van der Waals surface area contributed by atoms with Crippen LogP contribution < -0.4 is 0 Å². The van der Waals surface area contributed by atoms with Crippen LogP contribution in [0.4, 0.5) is 13.6 Å². The van der Waals surface area contributed by atoms with Crippen molar-refractivity contribution in [2.24, 2.45) is 10.3 Å². The zero-order valence-corrected chi connectivity index (χ0v) is 20.6. The topological polar surface area (TPSA) is 66.7 Å². The maximum absolute atomic E-state index is 14.7. The number of carbonyl (C=O) groups is 1. The fourth-order valence-electron chi connectivity index (χ4n) is 4.13. The van der Waals surface area contributed by atoms with Crippen molar-refractivity contribution in [2.45, 2.75) is 43.4 Å². The molecule has 2 aromatic rings. The summed E-state index contributed by atoms with van der Waals surface area (Å²) < 4.78 is 28.7. The van der Waals surface area contributed by atoms with Crippen molar-refractivity contribution in [3.05, 3.63) is 71.3 Å². The molecule has 0 N–H and O–H groups in total. The van der Waals surface area contributed by atoms with Gasteiger partial charge in [0.25, 0.3) is 0 Å². The molecule has 1 atom stereocenters. The highest BCUT2D eigenvalue weighted by Crippen LogP contribution is 2.50. The van der Waals surface area contributed by atoms with Crippen LogP contribution in [0.5, 0.6) is 0 Å². The lowest BCUT2D eigenvalue weighted by Crippen LogP contribution is -2.47. The Hall–Kier alpha value is -2.98. The predicted octanol–water partition coefficient (Wildman–Crippen LogP) is 5.87. The summed E-state index contributed by atoms with van der Waals surface area (Å²) in [4.78, 5) is 23.1. The molecule has 0 spiro atoms. The van der Waals surface area contributed by atoms with E-state index in [9.17, 15) is 13.6 Å². The fourth-order valence-corrected chi connectivity index (χ4v) is 5.48. The van der Waals surface area contributed by atoms with Crippen LogP contribution in [0.15, 0.2) is 58.8 Å². The molecule has 0 saturated heterocycles. The van der Waals surface area contributed by atoms with Crippen molar-refractivity contribution in [1.82, 2.24) is 10.1 Å². The van der Waals surface area contributed by atoms with E-state index in [0.717, 1.165) is 60.2 Å². The number of hydrogen-bond acceptors (Lipinski definition) is 6. The molecule has 0 radical (unpaired) electrons. The molecule has 35 heavy (non-hydrogen) atoms. The highest BCUT2D eigenvalue weighted by Gasteiger charge is 2.50. The second kappa shape index (κ2) is 11.2. The number of carbonyl (C=O) groups excluding carboxylic acids is 1. The molecule has 2 amide bonds. The lowest BCUT2D eigenvalue weighted by Gasteiger charge is -2.36. The Kier molecular flexibility index (Phi) is 8.02. The van der Waals surface area contributed by atoms with Gasteiger partial charge in [0.1, 0.15) is 28.2 Å². The number of nitrogens with zero attached hydrogens (tertiary/aromatic N) is 4. The van der Waals surface area contributed by atoms with E-state index in [1.54, 1.807) is 0 Å². The number of hydroxylamine groups is 2. The van der Waals surface area contributed by atoms with Crippen LogP contribution in [0.2, 0.25) is 0 Å². The molecule has 1 fully saturated rings. The third-order valence-electron chi connectivity index (χ3n) is 6.06. The van der Waals surface area contributed by atoms with Crippen LogP contribution in [0.3, 0.4) is 0 Å². The first kappa shape index (κ1) is 25.1. The third-order valence-corrected chi connectivity index (χ3v) is 7.51. The second-order valence-electron chi connectivity index (χ2n) is 8.36. The van der Waals surface area contributed by atoms with E-state index in [0.29, 0.717) is 6.42 Å². The maximum Gasteiger partial charge on any atom is 0.365 e. The minimum Gasteiger partial charge on any atom is -0.396 e. The molecule has 4 rings (SSSR count). The zero-order chi connectivity index (χ0) is 24.8. The van der Waals surface area contributed by atoms with Gasteiger partial charge in [-0.1, -0.05) is 53.7 Å². The fraction of sp³-hybridized carbons (Fsp3) is 0.400. The molecule has 1 aliphatic heterocycles. The van der Waals surface area contributed by atoms with Gasteiger partial charge in [-0.3, -0.25) is 4.84 Å². The van der Waals surface area contributed by atoms with Gasteiger partial charge in [0.15, 0.2) is 0 Å². The number of benzene rings is 2. The van der Waals surface area contributed by atoms with Crippen molar-refractivity contribution in [3.63, 3.8) is 0 Å². The number of hydrogen-bond donors (Lipinski definition) is 0. The Morgan fingerprint density at radius 2 is 1.91 bits per heavy atom. The first-order valence-corrected chi connectivity index (χ1v) is 12.3. The average Bonchev–Trinajstić information content (AvgIpc) is 3.28. The number of urea groups is 1. The summed E-state index contributed by atoms with van der Waals surface area (Å²) in [7, 11) is 2.83. The zero-order valence-electron chi connectivity index (χ0n) is 19.7. The van der Waals surface area contributed by atoms with Gasteiger partial charge in [-0.25, -0.2) is 18.6 Å². The van der Waals surface area contributed by atoms with Crippen LogP contribution in [0, 0.1) is 11.6 Å². The molecule has 0 bridgehead atoms. The SMILES string of the molecule is CON(C)C(=O)N1N=C(c2cc(F)ccc2F)SC1(CCON=C1CCCCC1)c1ccccc1. The number of amides is 2. The number of rotatable bonds is 7. The first-order chi connectivity index (χ1) is 16.9. The quantitative estimate of drug-likeness (QED) is 0.351. The van der Waals surface area contributed by atoms with E-state index in [2.05, 4.69) is 10.3 Å². The minimum absolute atomic E-state index is 0.0194. The lowest BCUT2D eigenvalue weighted by atomic mass is 9.99. The Balaban J connectivity index is 1.70. The van der Waals surface area contributed by atoms with Crippen molar-refractivity contribution < 1.29 is 23.3 Å². The van der Waals surface area contributed by atoms with Gasteiger partial charge in [0.05, 0.1) is 12.8 Å². The predicted molar refractivity (Wildman–Crippen MR) is 132 cm³/mol. The van der Waals surface area contributed by atoms with Crippen molar-refractivity contribution >= 4 is 28.5 Å². The van der Waals surface area contributed by atoms with Gasteiger partial charge in [-0.2, -0.15) is 10.1 Å². The average molecular weight is 503 g/mol. The summed E-state index contributed by atoms with van der Waals surface area (Å²) >= 11 is 1.18. The summed E-state index contributed by atoms with van der Waals surface area (Å²) in [5.74, 6) is -1.23. The normalized spacial score (nSPS) is 19.9. The second-order valence-corrected chi connectivity index (χ2v) is 9.62. The van der Waals surface area contributed by atoms with E-state index in [4.69, 9.17) is 9.68 Å². The van der Waals surface area contributed by atoms with Gasteiger partial charge in [0.2, 0.25) is 0 Å². The van der Waals surface area contributed by atoms with Crippen LogP contribution >= 0.6 is 11.8 Å². The summed E-state index contributed by atoms with van der Waals surface area (Å²) in [6.45, 7) is 0.195. The van der Waals surface area contributed by atoms with Gasteiger partial charge in [0, 0.05) is 19.0 Å². The van der Waals surface area contributed by atoms with Crippen molar-refractivity contribution in [3.8, 4) is 0 Å². The largest absolute Gasteiger partial charge is 0.396 e. The molecule has 7 nitrogen and oxygen atoms in total. The summed E-state index contributed by atoms with van der Waals surface area (Å²) in [5.41, 5.74) is 1.77. The smallest absolute Gasteiger partial charge is 0.365 e. The van der Waals surface area contributed by atoms with E-state index >= 15 is 0 Å². The number of halogens is 2. The Bertz CT molecular complexity index is 1110. The Labute approximate surface area is 207 Å². The van der Waals surface area contributed by atoms with Crippen LogP contribution in [-0.2, 0) is 14.5 Å². The third kappa shape index (κ3) is 5.48. The van der Waals surface area contributed by atoms with Crippen molar-refractivity contribution in [2.75, 3.05) is 20.8 Å². The minimum atomic E-state index is -1.09. The van der Waals surface area contributed by atoms with Crippen LogP contribution in [0.1, 0.15) is 49.7 Å². The highest BCUT2D eigenvalue weighted by molar-refractivity contribution is 8.15. The maximum atomic E-state index is 14.7. The first-order valence-electron chi connectivity index (χ1n) is 11.5. The number of hydrazone groups is 1. The molecular formula is C25H28F2N4O3S. The highest BCUT2D eigenvalue weighted by atomic mass is 32.2. The molecule has 186 valence electrons. The Morgan fingerprint density at radius 3 is 2.63 bits per heavy atom. The molecular weight excluding hydrogens is 474 g/mol. The number of oxime groups is 1. The Morgan fingerprint density at radius 1 is 1.17 bits per heavy atom. The summed E-state index contributed by atoms with van der Waals surface area (Å²) in [6.07, 6.45) is 5.56. The molecule has 1 aliphatic carbocycles. The van der Waals surface area contributed by atoms with Gasteiger partial charge in [-0.05, 0) is 49.4 Å². The lowest BCUT2D eigenvalue weighted by molar-refractivity contribution is -0.0812. The van der Waals surface area contributed by atoms with E-state index in [-0.39, 0.29) is 17.2 Å². The molecule has 0 aromatic heterocycles. The molecule has 2 aromatic carbocycles. The van der Waals surface area contributed by atoms with Gasteiger partial charge < -0.3 is 4.84 Å². The summed E-state index contributed by atoms with van der Waals surface area (Å²) in [5, 5.41) is 11.3. The van der Waals surface area contributed by atoms with E-state index in [1.165, 1.54) is 37.3 Å². The molecule has 10 heteroatoms. The van der Waals surface area contributed by atoms with Crippen LogP contribution in [-0.4, -0.2) is 47.6 Å².